The average Bonchev–Trinajstić information content (AvgIpc) is 1.14. The third-order valence-electron chi connectivity index (χ3n) is 19.3. The fraction of sp³-hybridized carbons (Fsp3) is 0.525. The Morgan fingerprint density at radius 1 is 0.397 bits per heavy atom. The van der Waals surface area contributed by atoms with E-state index in [-0.39, 0.29) is 133 Å². The van der Waals surface area contributed by atoms with Crippen LogP contribution in [-0.2, 0) is 97.6 Å². The number of unbranched alkanes of at least 4 members (excludes halogenated alkanes) is 2. The van der Waals surface area contributed by atoms with Crippen LogP contribution in [0, 0.1) is 22.7 Å². The van der Waals surface area contributed by atoms with Gasteiger partial charge in [-0.05, 0) is 126 Å². The summed E-state index contributed by atoms with van der Waals surface area (Å²) in [7, 11) is 0. The van der Waals surface area contributed by atoms with Gasteiger partial charge < -0.3 is 125 Å². The number of H-pyrrole nitrogens is 1. The van der Waals surface area contributed by atoms with E-state index in [1.54, 1.807) is 119 Å². The van der Waals surface area contributed by atoms with Crippen LogP contribution in [0.2, 0.25) is 0 Å². The van der Waals surface area contributed by atoms with Crippen molar-refractivity contribution in [2.75, 3.05) is 39.3 Å². The van der Waals surface area contributed by atoms with Crippen molar-refractivity contribution < 1.29 is 71.9 Å². The maximum absolute atomic E-state index is 14.7. The van der Waals surface area contributed by atoms with Crippen molar-refractivity contribution in [1.82, 2.24) is 89.7 Å². The third kappa shape index (κ3) is 39.2. The molecule has 1 aromatic heterocycles. The third-order valence-corrected chi connectivity index (χ3v) is 19.3. The summed E-state index contributed by atoms with van der Waals surface area (Å²) in [5.41, 5.74) is 42.0. The number of benzene rings is 3. The van der Waals surface area contributed by atoms with Crippen LogP contribution in [-0.4, -0.2) is 222 Å². The predicted octanol–water partition coefficient (Wildman–Crippen LogP) is -5.17. The van der Waals surface area contributed by atoms with Gasteiger partial charge in [0.2, 0.25) is 88.6 Å². The first-order valence-electron chi connectivity index (χ1n) is 40.5. The van der Waals surface area contributed by atoms with Crippen molar-refractivity contribution in [2.24, 2.45) is 52.0 Å². The number of carbonyl (C=O) groups excluding carboxylic acids is 15. The molecule has 0 aliphatic carbocycles. The lowest BCUT2D eigenvalue weighted by atomic mass is 9.96. The molecule has 0 aliphatic heterocycles. The number of guanidine groups is 2. The molecule has 664 valence electrons. The average molecular weight is 1690 g/mol. The second kappa shape index (κ2) is 54.4. The highest BCUT2D eigenvalue weighted by molar-refractivity contribution is 6.00. The minimum Gasteiger partial charge on any atom is -0.370 e. The Balaban J connectivity index is 1.53. The van der Waals surface area contributed by atoms with Gasteiger partial charge in [-0.25, -0.2) is 4.98 Å². The lowest BCUT2D eigenvalue weighted by molar-refractivity contribution is -0.136. The first-order chi connectivity index (χ1) is 57.6. The molecule has 0 radical (unpaired) electrons. The molecule has 41 heteroatoms. The zero-order chi connectivity index (χ0) is 89.5. The van der Waals surface area contributed by atoms with Crippen molar-refractivity contribution >= 4 is 101 Å². The highest BCUT2D eigenvalue weighted by Crippen LogP contribution is 2.16. The van der Waals surface area contributed by atoms with E-state index in [0.29, 0.717) is 36.0 Å². The van der Waals surface area contributed by atoms with Crippen molar-refractivity contribution in [1.29, 1.82) is 10.8 Å². The molecule has 4 rings (SSSR count). The molecule has 0 saturated heterocycles. The van der Waals surface area contributed by atoms with Crippen LogP contribution < -0.4 is 120 Å². The zero-order valence-corrected chi connectivity index (χ0v) is 69.3. The number of amides is 15. The number of aromatic amines is 1. The Kier molecular flexibility index (Phi) is 45.3. The summed E-state index contributed by atoms with van der Waals surface area (Å²) in [6.45, 7) is 7.51. The van der Waals surface area contributed by atoms with Crippen LogP contribution in [0.3, 0.4) is 0 Å². The lowest BCUT2D eigenvalue weighted by Crippen LogP contribution is -2.61. The lowest BCUT2D eigenvalue weighted by Gasteiger charge is -2.29. The Morgan fingerprint density at radius 3 is 1.22 bits per heavy atom. The van der Waals surface area contributed by atoms with Crippen LogP contribution in [0.1, 0.15) is 140 Å². The standard InChI is InChI=1S/C80H124N26O15/c1-6-47(4)66(78(121)101-57(31-21-35-92-80(88)89)72(115)104-59(69(112)93-43-64(85)108)38-50-24-12-8-13-25-50)106-73(116)55(29-17-19-33-82)99-76(119)61(40-52-42-90-45-95-52)97-65(109)44-94-67(110)48(5)96-70(113)54(28-16-18-32-81)98-74(117)58(36-46(2)3)103-71(114)56(30-20-34-91-79(86)87)100-75(118)60(39-51-26-14-9-15-27-51)105-77(120)62(41-63(84)107)102-68(111)53(83)37-49-22-10-7-11-23-49/h7-15,22-27,42,45-48,53-62,66H,6,16-21,28-41,43-44,81-83H2,1-5H3,(H2,84,107)(H2,85,108)(H,90,95)(H,93,112)(H,94,110)(H,96,113)(H,97,109)(H,98,117)(H,99,119)(H,100,118)(H,101,121)(H,102,111)(H,103,114)(H,104,115)(H,105,120)(H,106,116)(H4,86,87,91)(H4,88,89,92)/t47-,48-,53-,54-,55-,56-,57-,58-,59-,60-,61-,62-,66-/m0/s1. The molecule has 0 aliphatic rings. The van der Waals surface area contributed by atoms with Gasteiger partial charge >= 0.3 is 0 Å². The molecule has 121 heavy (non-hydrogen) atoms. The van der Waals surface area contributed by atoms with Crippen molar-refractivity contribution in [3.63, 3.8) is 0 Å². The Morgan fingerprint density at radius 2 is 0.785 bits per heavy atom. The Hall–Kier alpha value is -12.7. The SMILES string of the molecule is CC[C@H](C)[C@H](NC(=O)[C@H](CCCCN)NC(=O)[C@H](Cc1c[nH]cn1)NC(=O)CNC(=O)[C@H](C)NC(=O)[C@H](CCCCN)NC(=O)[C@H](CC(C)C)NC(=O)[C@H](CCCNC(=N)N)NC(=O)[C@H](Cc1ccccc1)NC(=O)[C@H](CC(N)=O)NC(=O)[C@@H](N)Cc1ccccc1)C(=O)N[C@@H](CCCNC(=N)N)C(=O)N[C@@H](Cc1ccccc1)C(=O)NCC(N)=O. The van der Waals surface area contributed by atoms with Gasteiger partial charge in [-0.15, -0.1) is 0 Å². The summed E-state index contributed by atoms with van der Waals surface area (Å²) in [5.74, 6) is -14.6. The first-order valence-corrected chi connectivity index (χ1v) is 40.5. The Labute approximate surface area is 703 Å². The number of hydrogen-bond acceptors (Lipinski definition) is 21. The number of primary amides is 2. The molecule has 3 aromatic carbocycles. The molecule has 13 atom stereocenters. The second-order valence-corrected chi connectivity index (χ2v) is 29.9. The molecule has 0 fully saturated rings. The maximum atomic E-state index is 14.7. The van der Waals surface area contributed by atoms with E-state index in [0.717, 1.165) is 0 Å². The molecule has 0 bridgehead atoms. The molecular formula is C80H124N26O15. The summed E-state index contributed by atoms with van der Waals surface area (Å²) in [6.07, 6.45) is 3.38. The zero-order valence-electron chi connectivity index (χ0n) is 69.3. The second-order valence-electron chi connectivity index (χ2n) is 29.9. The van der Waals surface area contributed by atoms with E-state index in [4.69, 9.17) is 51.0 Å². The molecule has 0 saturated carbocycles. The Bertz CT molecular complexity index is 4030. The van der Waals surface area contributed by atoms with Gasteiger partial charge in [0.15, 0.2) is 11.9 Å². The molecule has 0 spiro atoms. The van der Waals surface area contributed by atoms with Crippen LogP contribution in [0.5, 0.6) is 0 Å². The maximum Gasteiger partial charge on any atom is 0.243 e. The number of nitrogens with zero attached hydrogens (tertiary/aromatic N) is 1. The van der Waals surface area contributed by atoms with Crippen LogP contribution in [0.15, 0.2) is 104 Å². The van der Waals surface area contributed by atoms with Crippen molar-refractivity contribution in [3.05, 3.63) is 126 Å². The summed E-state index contributed by atoms with van der Waals surface area (Å²) in [4.78, 5) is 216. The number of nitrogens with one attached hydrogen (secondary N) is 18. The van der Waals surface area contributed by atoms with E-state index < -0.39 is 187 Å². The van der Waals surface area contributed by atoms with Crippen LogP contribution >= 0.6 is 0 Å². The molecule has 41 nitrogen and oxygen atoms in total. The van der Waals surface area contributed by atoms with E-state index in [1.165, 1.54) is 19.4 Å². The number of hydrogen-bond donors (Lipinski definition) is 25. The van der Waals surface area contributed by atoms with Gasteiger partial charge in [-0.2, -0.15) is 0 Å². The summed E-state index contributed by atoms with van der Waals surface area (Å²) in [6, 6.07) is 9.21. The van der Waals surface area contributed by atoms with Crippen molar-refractivity contribution in [2.45, 2.75) is 216 Å². The summed E-state index contributed by atoms with van der Waals surface area (Å²) >= 11 is 0. The summed E-state index contributed by atoms with van der Waals surface area (Å²) in [5, 5.41) is 54.6. The minimum atomic E-state index is -1.61. The predicted molar refractivity (Wildman–Crippen MR) is 450 cm³/mol. The largest absolute Gasteiger partial charge is 0.370 e. The van der Waals surface area contributed by atoms with Gasteiger partial charge in [0, 0.05) is 38.5 Å². The number of rotatable bonds is 57. The molecule has 1 heterocycles. The van der Waals surface area contributed by atoms with Crippen molar-refractivity contribution in [3.8, 4) is 0 Å². The number of aromatic nitrogens is 2. The summed E-state index contributed by atoms with van der Waals surface area (Å²) < 4.78 is 0. The van der Waals surface area contributed by atoms with E-state index in [9.17, 15) is 71.9 Å². The van der Waals surface area contributed by atoms with Gasteiger partial charge in [-0.1, -0.05) is 125 Å². The van der Waals surface area contributed by atoms with Gasteiger partial charge in [-0.3, -0.25) is 82.7 Å². The number of carbonyl (C=O) groups is 15. The molecule has 0 unspecified atom stereocenters. The van der Waals surface area contributed by atoms with E-state index in [1.807, 2.05) is 0 Å². The van der Waals surface area contributed by atoms with E-state index >= 15 is 0 Å². The van der Waals surface area contributed by atoms with Crippen LogP contribution in [0.4, 0.5) is 0 Å². The highest BCUT2D eigenvalue weighted by atomic mass is 16.2. The highest BCUT2D eigenvalue weighted by Gasteiger charge is 2.38. The molecule has 15 amide bonds. The molecule has 4 aromatic rings. The monoisotopic (exact) mass is 1690 g/mol. The fourth-order valence-electron chi connectivity index (χ4n) is 12.5. The normalized spacial score (nSPS) is 14.2. The first kappa shape index (κ1) is 101. The van der Waals surface area contributed by atoms with Gasteiger partial charge in [0.05, 0.1) is 37.6 Å². The number of nitrogens with two attached hydrogens (primary N) is 7. The number of imidazole rings is 1. The van der Waals surface area contributed by atoms with E-state index in [2.05, 4.69) is 89.7 Å². The molecule has 32 N–H and O–H groups in total. The smallest absolute Gasteiger partial charge is 0.243 e. The topological polar surface area (TPSA) is 695 Å². The molecular weight excluding hydrogens is 1570 g/mol. The van der Waals surface area contributed by atoms with Gasteiger partial charge in [0.25, 0.3) is 0 Å². The fourth-order valence-corrected chi connectivity index (χ4v) is 12.5. The van der Waals surface area contributed by atoms with Gasteiger partial charge in [0.1, 0.15) is 66.5 Å². The minimum absolute atomic E-state index is 0.0204. The van der Waals surface area contributed by atoms with Crippen LogP contribution in [0.25, 0.3) is 0 Å². The quantitative estimate of drug-likeness (QED) is 0.0112.